The van der Waals surface area contributed by atoms with Crippen molar-refractivity contribution in [3.05, 3.63) is 74.3 Å². The minimum absolute atomic E-state index is 0.174. The van der Waals surface area contributed by atoms with Crippen molar-refractivity contribution in [2.45, 2.75) is 26.2 Å². The Morgan fingerprint density at radius 3 is 1.65 bits per heavy atom. The van der Waals surface area contributed by atoms with E-state index in [1.807, 2.05) is 12.1 Å². The van der Waals surface area contributed by atoms with Crippen molar-refractivity contribution in [1.29, 1.82) is 0 Å². The Morgan fingerprint density at radius 1 is 0.870 bits per heavy atom. The van der Waals surface area contributed by atoms with E-state index in [-0.39, 0.29) is 16.8 Å². The van der Waals surface area contributed by atoms with Crippen LogP contribution in [0.1, 0.15) is 26.3 Å². The summed E-state index contributed by atoms with van der Waals surface area (Å²) in [6.45, 7) is 6.46. The molecule has 1 N–H and O–H groups in total. The van der Waals surface area contributed by atoms with Crippen LogP contribution in [0.4, 0.5) is 11.4 Å². The average molecular weight is 318 g/mol. The van der Waals surface area contributed by atoms with E-state index in [4.69, 9.17) is 5.11 Å². The van der Waals surface area contributed by atoms with Crippen LogP contribution in [0.5, 0.6) is 5.75 Å². The van der Waals surface area contributed by atoms with Gasteiger partial charge in [-0.3, -0.25) is 20.2 Å². The van der Waals surface area contributed by atoms with Crippen LogP contribution in [0.25, 0.3) is 0 Å². The van der Waals surface area contributed by atoms with Crippen LogP contribution < -0.4 is 0 Å². The molecular weight excluding hydrogens is 300 g/mol. The molecule has 0 aromatic heterocycles. The highest BCUT2D eigenvalue weighted by atomic mass is 16.6. The molecule has 0 fully saturated rings. The third-order valence-electron chi connectivity index (χ3n) is 2.98. The van der Waals surface area contributed by atoms with Crippen LogP contribution in [0.2, 0.25) is 0 Å². The predicted molar refractivity (Wildman–Crippen MR) is 86.6 cm³/mol. The van der Waals surface area contributed by atoms with Crippen LogP contribution >= 0.6 is 0 Å². The van der Waals surface area contributed by atoms with Crippen molar-refractivity contribution in [1.82, 2.24) is 0 Å². The van der Waals surface area contributed by atoms with Gasteiger partial charge in [0.25, 0.3) is 11.4 Å². The Bertz CT molecular complexity index is 661. The molecule has 122 valence electrons. The summed E-state index contributed by atoms with van der Waals surface area (Å²) < 4.78 is 0. The highest BCUT2D eigenvalue weighted by Crippen LogP contribution is 2.23. The number of phenols is 1. The molecule has 0 spiro atoms. The van der Waals surface area contributed by atoms with E-state index in [2.05, 4.69) is 20.8 Å². The first kappa shape index (κ1) is 18.1. The van der Waals surface area contributed by atoms with E-state index in [0.717, 1.165) is 6.07 Å². The van der Waals surface area contributed by atoms with Crippen LogP contribution in [0.3, 0.4) is 0 Å². The molecule has 0 radical (unpaired) electrons. The maximum atomic E-state index is 10.2. The fourth-order valence-electron chi connectivity index (χ4n) is 1.68. The summed E-state index contributed by atoms with van der Waals surface area (Å²) in [7, 11) is 0. The second kappa shape index (κ2) is 7.35. The standard InChI is InChI=1S/C10H14O.C6H4N2O4/c1-10(2,3)8-4-6-9(11)7-5-8;9-7(10)5-2-1-3-6(4-5)8(11)12/h4-7,11H,1-3H3;1-4H. The van der Waals surface area contributed by atoms with Gasteiger partial charge in [-0.05, 0) is 29.2 Å². The molecule has 0 bridgehead atoms. The molecule has 7 heteroatoms. The average Bonchev–Trinajstić information content (AvgIpc) is 2.47. The number of nitrogens with zero attached hydrogens (tertiary/aromatic N) is 2. The summed E-state index contributed by atoms with van der Waals surface area (Å²) in [5, 5.41) is 29.3. The number of hydrogen-bond donors (Lipinski definition) is 1. The number of benzene rings is 2. The number of nitro groups is 2. The number of rotatable bonds is 2. The molecule has 0 saturated heterocycles. The molecule has 0 aliphatic heterocycles. The van der Waals surface area contributed by atoms with E-state index < -0.39 is 9.85 Å². The first-order valence-electron chi connectivity index (χ1n) is 6.79. The van der Waals surface area contributed by atoms with Gasteiger partial charge in [-0.1, -0.05) is 32.9 Å². The van der Waals surface area contributed by atoms with Crippen LogP contribution in [-0.4, -0.2) is 15.0 Å². The first-order chi connectivity index (χ1) is 10.6. The third-order valence-corrected chi connectivity index (χ3v) is 2.98. The lowest BCUT2D eigenvalue weighted by molar-refractivity contribution is -0.394. The molecule has 0 heterocycles. The Balaban J connectivity index is 0.000000231. The molecule has 0 amide bonds. The Hall–Kier alpha value is -2.96. The van der Waals surface area contributed by atoms with Gasteiger partial charge in [-0.2, -0.15) is 0 Å². The smallest absolute Gasteiger partial charge is 0.276 e. The minimum Gasteiger partial charge on any atom is -0.508 e. The Kier molecular flexibility index (Phi) is 5.78. The number of phenolic OH excluding ortho intramolecular Hbond substituents is 1. The highest BCUT2D eigenvalue weighted by Gasteiger charge is 2.12. The van der Waals surface area contributed by atoms with Crippen LogP contribution in [0.15, 0.2) is 48.5 Å². The molecule has 2 rings (SSSR count). The lowest BCUT2D eigenvalue weighted by Crippen LogP contribution is -2.10. The predicted octanol–water partition coefficient (Wildman–Crippen LogP) is 4.19. The largest absolute Gasteiger partial charge is 0.508 e. The fraction of sp³-hybridized carbons (Fsp3) is 0.250. The lowest BCUT2D eigenvalue weighted by atomic mass is 9.87. The molecule has 7 nitrogen and oxygen atoms in total. The van der Waals surface area contributed by atoms with Gasteiger partial charge in [0.05, 0.1) is 15.9 Å². The molecule has 0 unspecified atom stereocenters. The van der Waals surface area contributed by atoms with Gasteiger partial charge in [0.2, 0.25) is 0 Å². The van der Waals surface area contributed by atoms with Gasteiger partial charge >= 0.3 is 0 Å². The molecule has 0 aliphatic rings. The zero-order chi connectivity index (χ0) is 17.6. The molecule has 0 saturated carbocycles. The van der Waals surface area contributed by atoms with Gasteiger partial charge in [-0.15, -0.1) is 0 Å². The second-order valence-corrected chi connectivity index (χ2v) is 5.83. The summed E-state index contributed by atoms with van der Waals surface area (Å²) in [5.41, 5.74) is 0.872. The van der Waals surface area contributed by atoms with E-state index in [1.54, 1.807) is 12.1 Å². The van der Waals surface area contributed by atoms with Gasteiger partial charge in [0, 0.05) is 12.1 Å². The Labute approximate surface area is 133 Å². The fourth-order valence-corrected chi connectivity index (χ4v) is 1.68. The van der Waals surface area contributed by atoms with E-state index in [0.29, 0.717) is 5.75 Å². The van der Waals surface area contributed by atoms with Crippen LogP contribution in [0, 0.1) is 20.2 Å². The molecule has 0 atom stereocenters. The number of hydrogen-bond acceptors (Lipinski definition) is 5. The topological polar surface area (TPSA) is 107 Å². The zero-order valence-corrected chi connectivity index (χ0v) is 13.1. The van der Waals surface area contributed by atoms with Crippen molar-refractivity contribution in [2.24, 2.45) is 0 Å². The highest BCUT2D eigenvalue weighted by molar-refractivity contribution is 5.42. The number of nitro benzene ring substituents is 2. The van der Waals surface area contributed by atoms with Crippen molar-refractivity contribution < 1.29 is 15.0 Å². The molecule has 2 aromatic carbocycles. The van der Waals surface area contributed by atoms with Crippen LogP contribution in [-0.2, 0) is 5.41 Å². The van der Waals surface area contributed by atoms with Crippen molar-refractivity contribution in [3.63, 3.8) is 0 Å². The van der Waals surface area contributed by atoms with Gasteiger partial charge in [-0.25, -0.2) is 0 Å². The zero-order valence-electron chi connectivity index (χ0n) is 13.1. The minimum atomic E-state index is -0.674. The number of aromatic hydroxyl groups is 1. The second-order valence-electron chi connectivity index (χ2n) is 5.83. The molecular formula is C16H18N2O5. The quantitative estimate of drug-likeness (QED) is 0.660. The van der Waals surface area contributed by atoms with Gasteiger partial charge in [0.15, 0.2) is 0 Å². The first-order valence-corrected chi connectivity index (χ1v) is 6.79. The maximum absolute atomic E-state index is 10.2. The third kappa shape index (κ3) is 5.74. The SMILES string of the molecule is CC(C)(C)c1ccc(O)cc1.O=[N+]([O-])c1cccc([N+](=O)[O-])c1. The summed E-state index contributed by atoms with van der Waals surface area (Å²) in [6, 6.07) is 11.9. The van der Waals surface area contributed by atoms with E-state index in [9.17, 15) is 20.2 Å². The monoisotopic (exact) mass is 318 g/mol. The summed E-state index contributed by atoms with van der Waals surface area (Å²) in [5.74, 6) is 0.331. The molecule has 23 heavy (non-hydrogen) atoms. The summed E-state index contributed by atoms with van der Waals surface area (Å²) in [4.78, 5) is 19.0. The maximum Gasteiger partial charge on any atom is 0.276 e. The normalized spacial score (nSPS) is 10.4. The molecule has 2 aromatic rings. The van der Waals surface area contributed by atoms with Gasteiger partial charge in [0.1, 0.15) is 5.75 Å². The summed E-state index contributed by atoms with van der Waals surface area (Å²) in [6.07, 6.45) is 0. The lowest BCUT2D eigenvalue weighted by Gasteiger charge is -2.18. The van der Waals surface area contributed by atoms with Crippen molar-refractivity contribution in [3.8, 4) is 5.75 Å². The van der Waals surface area contributed by atoms with Crippen molar-refractivity contribution >= 4 is 11.4 Å². The summed E-state index contributed by atoms with van der Waals surface area (Å²) >= 11 is 0. The van der Waals surface area contributed by atoms with Crippen molar-refractivity contribution in [2.75, 3.05) is 0 Å². The molecule has 0 aliphatic carbocycles. The number of non-ortho nitro benzene ring substituents is 2. The van der Waals surface area contributed by atoms with Gasteiger partial charge < -0.3 is 5.11 Å². The Morgan fingerprint density at radius 2 is 1.30 bits per heavy atom. The van der Waals surface area contributed by atoms with E-state index >= 15 is 0 Å². The van der Waals surface area contributed by atoms with E-state index in [1.165, 1.54) is 23.8 Å².